The quantitative estimate of drug-likeness (QED) is 0.728. The Hall–Kier alpha value is -2.34. The van der Waals surface area contributed by atoms with E-state index in [4.69, 9.17) is 4.74 Å². The van der Waals surface area contributed by atoms with Crippen LogP contribution in [0.1, 0.15) is 20.8 Å². The van der Waals surface area contributed by atoms with Gasteiger partial charge in [-0.1, -0.05) is 0 Å². The lowest BCUT2D eigenvalue weighted by atomic mass is 10.2. The van der Waals surface area contributed by atoms with Crippen LogP contribution in [0, 0.1) is 0 Å². The van der Waals surface area contributed by atoms with Gasteiger partial charge in [0.2, 0.25) is 15.9 Å². The summed E-state index contributed by atoms with van der Waals surface area (Å²) in [7, 11) is -2.97. The number of rotatable bonds is 6. The molecule has 0 atom stereocenters. The number of benzene rings is 1. The first-order valence-electron chi connectivity index (χ1n) is 7.99. The first-order valence-corrected chi connectivity index (χ1v) is 9.48. The third-order valence-corrected chi connectivity index (χ3v) is 4.41. The molecule has 0 spiro atoms. The molecule has 0 saturated carbocycles. The van der Waals surface area contributed by atoms with Gasteiger partial charge in [-0.25, -0.2) is 17.9 Å². The summed E-state index contributed by atoms with van der Waals surface area (Å²) in [5.41, 5.74) is -0.513. The van der Waals surface area contributed by atoms with Crippen LogP contribution in [0.25, 0.3) is 0 Å². The van der Waals surface area contributed by atoms with Gasteiger partial charge in [-0.15, -0.1) is 0 Å². The SMILES string of the molecule is CN(CC(=O)Nc1ccc(S(=O)(=O)NCC(F)(F)F)cc1)C(=O)OC(C)(C)C. The number of carbonyl (C=O) groups excluding carboxylic acids is 2. The third kappa shape index (κ3) is 8.57. The maximum Gasteiger partial charge on any atom is 0.410 e. The molecule has 28 heavy (non-hydrogen) atoms. The molecule has 0 aliphatic heterocycles. The summed E-state index contributed by atoms with van der Waals surface area (Å²) in [5.74, 6) is -0.570. The minimum atomic E-state index is -4.68. The summed E-state index contributed by atoms with van der Waals surface area (Å²) < 4.78 is 66.6. The molecule has 0 aliphatic rings. The van der Waals surface area contributed by atoms with Gasteiger partial charge < -0.3 is 15.0 Å². The number of nitrogens with zero attached hydrogens (tertiary/aromatic N) is 1. The maximum absolute atomic E-state index is 12.1. The predicted octanol–water partition coefficient (Wildman–Crippen LogP) is 2.33. The fourth-order valence-corrected chi connectivity index (χ4v) is 2.81. The molecule has 0 aromatic heterocycles. The molecule has 0 aliphatic carbocycles. The van der Waals surface area contributed by atoms with Crippen LogP contribution in [0.2, 0.25) is 0 Å². The molecular weight excluding hydrogens is 403 g/mol. The highest BCUT2D eigenvalue weighted by atomic mass is 32.2. The third-order valence-electron chi connectivity index (χ3n) is 3.00. The molecule has 2 amide bonds. The number of hydrogen-bond donors (Lipinski definition) is 2. The van der Waals surface area contributed by atoms with E-state index in [1.807, 2.05) is 0 Å². The number of hydrogen-bond acceptors (Lipinski definition) is 5. The summed E-state index contributed by atoms with van der Waals surface area (Å²) in [6.45, 7) is 3.03. The number of amides is 2. The second-order valence-electron chi connectivity index (χ2n) is 6.85. The second-order valence-corrected chi connectivity index (χ2v) is 8.62. The molecule has 0 bridgehead atoms. The number of alkyl halides is 3. The number of halogens is 3. The highest BCUT2D eigenvalue weighted by Crippen LogP contribution is 2.17. The van der Waals surface area contributed by atoms with Gasteiger partial charge in [0.05, 0.1) is 4.90 Å². The van der Waals surface area contributed by atoms with Gasteiger partial charge in [0, 0.05) is 12.7 Å². The number of likely N-dealkylation sites (N-methyl/N-ethyl adjacent to an activating group) is 1. The molecule has 158 valence electrons. The van der Waals surface area contributed by atoms with Crippen LogP contribution in [0.3, 0.4) is 0 Å². The minimum absolute atomic E-state index is 0.206. The van der Waals surface area contributed by atoms with Crippen molar-refractivity contribution in [3.63, 3.8) is 0 Å². The molecule has 1 rings (SSSR count). The van der Waals surface area contributed by atoms with Crippen LogP contribution in [-0.2, 0) is 19.6 Å². The molecule has 12 heteroatoms. The Morgan fingerprint density at radius 2 is 1.64 bits per heavy atom. The second kappa shape index (κ2) is 8.78. The van der Waals surface area contributed by atoms with E-state index in [0.717, 1.165) is 17.0 Å². The van der Waals surface area contributed by atoms with Gasteiger partial charge in [0.1, 0.15) is 18.7 Å². The van der Waals surface area contributed by atoms with E-state index in [1.54, 1.807) is 20.8 Å². The van der Waals surface area contributed by atoms with E-state index in [9.17, 15) is 31.2 Å². The molecule has 0 saturated heterocycles. The highest BCUT2D eigenvalue weighted by molar-refractivity contribution is 7.89. The fraction of sp³-hybridized carbons (Fsp3) is 0.500. The van der Waals surface area contributed by atoms with Crippen LogP contribution >= 0.6 is 0 Å². The van der Waals surface area contributed by atoms with Crippen molar-refractivity contribution >= 4 is 27.7 Å². The van der Waals surface area contributed by atoms with Crippen molar-refractivity contribution in [1.82, 2.24) is 9.62 Å². The largest absolute Gasteiger partial charge is 0.444 e. The summed E-state index contributed by atoms with van der Waals surface area (Å²) in [4.78, 5) is 24.4. The highest BCUT2D eigenvalue weighted by Gasteiger charge is 2.30. The van der Waals surface area contributed by atoms with E-state index >= 15 is 0 Å². The number of ether oxygens (including phenoxy) is 1. The molecule has 2 N–H and O–H groups in total. The van der Waals surface area contributed by atoms with Crippen molar-refractivity contribution in [2.24, 2.45) is 0 Å². The first-order chi connectivity index (χ1) is 12.6. The van der Waals surface area contributed by atoms with Gasteiger partial charge in [-0.3, -0.25) is 4.79 Å². The Bertz CT molecular complexity index is 802. The van der Waals surface area contributed by atoms with Gasteiger partial charge in [-0.05, 0) is 45.0 Å². The monoisotopic (exact) mass is 425 g/mol. The summed E-state index contributed by atoms with van der Waals surface area (Å²) in [5, 5.41) is 2.44. The average molecular weight is 425 g/mol. The molecule has 8 nitrogen and oxygen atoms in total. The van der Waals surface area contributed by atoms with Crippen molar-refractivity contribution in [3.05, 3.63) is 24.3 Å². The zero-order valence-corrected chi connectivity index (χ0v) is 16.6. The Labute approximate surface area is 161 Å². The number of nitrogens with one attached hydrogen (secondary N) is 2. The lowest BCUT2D eigenvalue weighted by Crippen LogP contribution is -2.38. The van der Waals surface area contributed by atoms with E-state index in [2.05, 4.69) is 5.32 Å². The van der Waals surface area contributed by atoms with Crippen LogP contribution in [-0.4, -0.2) is 57.2 Å². The van der Waals surface area contributed by atoms with Crippen molar-refractivity contribution in [2.75, 3.05) is 25.5 Å². The van der Waals surface area contributed by atoms with Crippen molar-refractivity contribution < 1.29 is 35.9 Å². The predicted molar refractivity (Wildman–Crippen MR) is 95.2 cm³/mol. The number of carbonyl (C=O) groups is 2. The summed E-state index contributed by atoms with van der Waals surface area (Å²) in [6, 6.07) is 4.53. The lowest BCUT2D eigenvalue weighted by Gasteiger charge is -2.24. The van der Waals surface area contributed by atoms with Crippen LogP contribution in [0.5, 0.6) is 0 Å². The maximum atomic E-state index is 12.1. The molecule has 0 radical (unpaired) electrons. The smallest absolute Gasteiger partial charge is 0.410 e. The summed E-state index contributed by atoms with van der Waals surface area (Å²) >= 11 is 0. The fourth-order valence-electron chi connectivity index (χ4n) is 1.80. The van der Waals surface area contributed by atoms with Gasteiger partial charge in [-0.2, -0.15) is 13.2 Å². The first kappa shape index (κ1) is 23.7. The Kier molecular flexibility index (Phi) is 7.43. The molecule has 0 unspecified atom stereocenters. The molecular formula is C16H22F3N3O5S. The summed E-state index contributed by atoms with van der Waals surface area (Å²) in [6.07, 6.45) is -5.37. The van der Waals surface area contributed by atoms with Crippen molar-refractivity contribution in [2.45, 2.75) is 37.4 Å². The minimum Gasteiger partial charge on any atom is -0.444 e. The van der Waals surface area contributed by atoms with Gasteiger partial charge in [0.15, 0.2) is 0 Å². The standard InChI is InChI=1S/C16H22F3N3O5S/c1-15(2,3)27-14(24)22(4)9-13(23)21-11-5-7-12(8-6-11)28(25,26)20-10-16(17,18)19/h5-8,20H,9-10H2,1-4H3,(H,21,23). The van der Waals surface area contributed by atoms with Crippen LogP contribution < -0.4 is 10.0 Å². The number of anilines is 1. The van der Waals surface area contributed by atoms with Gasteiger partial charge in [0.25, 0.3) is 0 Å². The van der Waals surface area contributed by atoms with E-state index in [-0.39, 0.29) is 17.1 Å². The van der Waals surface area contributed by atoms with Crippen LogP contribution in [0.4, 0.5) is 23.7 Å². The van der Waals surface area contributed by atoms with E-state index in [1.165, 1.54) is 23.9 Å². The zero-order valence-electron chi connectivity index (χ0n) is 15.8. The normalized spacial score (nSPS) is 12.4. The van der Waals surface area contributed by atoms with Crippen LogP contribution in [0.15, 0.2) is 29.2 Å². The molecule has 0 fully saturated rings. The van der Waals surface area contributed by atoms with Crippen molar-refractivity contribution in [3.8, 4) is 0 Å². The van der Waals surface area contributed by atoms with Gasteiger partial charge >= 0.3 is 12.3 Å². The lowest BCUT2D eigenvalue weighted by molar-refractivity contribution is -0.121. The number of sulfonamides is 1. The molecule has 0 heterocycles. The Balaban J connectivity index is 2.67. The van der Waals surface area contributed by atoms with E-state index in [0.29, 0.717) is 0 Å². The molecule has 1 aromatic rings. The van der Waals surface area contributed by atoms with E-state index < -0.39 is 40.3 Å². The Morgan fingerprint density at radius 3 is 2.11 bits per heavy atom. The topological polar surface area (TPSA) is 105 Å². The average Bonchev–Trinajstić information content (AvgIpc) is 2.51. The molecule has 1 aromatic carbocycles. The zero-order chi connectivity index (χ0) is 21.8. The Morgan fingerprint density at radius 1 is 1.11 bits per heavy atom. The van der Waals surface area contributed by atoms with Crippen molar-refractivity contribution in [1.29, 1.82) is 0 Å².